The van der Waals surface area contributed by atoms with Crippen molar-refractivity contribution >= 4 is 27.5 Å². The van der Waals surface area contributed by atoms with Crippen molar-refractivity contribution in [3.63, 3.8) is 0 Å². The van der Waals surface area contributed by atoms with Gasteiger partial charge in [0.25, 0.3) is 0 Å². The number of halogens is 1. The van der Waals surface area contributed by atoms with E-state index in [1.165, 1.54) is 5.56 Å². The molecular weight excluding hydrogens is 384 g/mol. The molecule has 0 radical (unpaired) electrons. The summed E-state index contributed by atoms with van der Waals surface area (Å²) in [5.41, 5.74) is 2.85. The fourth-order valence-corrected chi connectivity index (χ4v) is 3.60. The molecule has 27 heavy (non-hydrogen) atoms. The molecule has 0 aliphatic heterocycles. The summed E-state index contributed by atoms with van der Waals surface area (Å²) in [6, 6.07) is 14.8. The standard InChI is InChI=1S/C20H25ClN2O3S/c1-4-16-9-11-17(12-10-16)15(2)22-20(24)14-23(27(3,25)26)13-18-7-5-6-8-19(18)21/h5-12,15H,4,13-14H2,1-3H3,(H,22,24)/t15-/m0/s1. The lowest BCUT2D eigenvalue weighted by molar-refractivity contribution is -0.122. The normalized spacial score (nSPS) is 12.8. The Morgan fingerprint density at radius 3 is 2.33 bits per heavy atom. The van der Waals surface area contributed by atoms with Crippen molar-refractivity contribution in [1.29, 1.82) is 0 Å². The number of hydrogen-bond acceptors (Lipinski definition) is 3. The highest BCUT2D eigenvalue weighted by molar-refractivity contribution is 7.88. The van der Waals surface area contributed by atoms with Gasteiger partial charge in [0.1, 0.15) is 0 Å². The second-order valence-electron chi connectivity index (χ2n) is 6.51. The van der Waals surface area contributed by atoms with Gasteiger partial charge in [0.15, 0.2) is 0 Å². The van der Waals surface area contributed by atoms with Crippen molar-refractivity contribution in [2.45, 2.75) is 32.9 Å². The molecule has 0 saturated heterocycles. The Labute approximate surface area is 166 Å². The Bertz CT molecular complexity index is 882. The molecule has 0 aliphatic rings. The van der Waals surface area contributed by atoms with Crippen LogP contribution in [0.25, 0.3) is 0 Å². The van der Waals surface area contributed by atoms with Crippen molar-refractivity contribution in [3.8, 4) is 0 Å². The van der Waals surface area contributed by atoms with Crippen LogP contribution in [-0.2, 0) is 27.8 Å². The van der Waals surface area contributed by atoms with Crippen molar-refractivity contribution < 1.29 is 13.2 Å². The largest absolute Gasteiger partial charge is 0.348 e. The predicted molar refractivity (Wildman–Crippen MR) is 109 cm³/mol. The van der Waals surface area contributed by atoms with Crippen LogP contribution in [0.3, 0.4) is 0 Å². The smallest absolute Gasteiger partial charge is 0.235 e. The number of carbonyl (C=O) groups is 1. The van der Waals surface area contributed by atoms with E-state index in [1.807, 2.05) is 31.2 Å². The minimum absolute atomic E-state index is 0.0471. The first-order valence-corrected chi connectivity index (χ1v) is 11.0. The number of aryl methyl sites for hydroxylation is 1. The summed E-state index contributed by atoms with van der Waals surface area (Å²) in [5, 5.41) is 3.33. The van der Waals surface area contributed by atoms with Crippen LogP contribution in [0.4, 0.5) is 0 Å². The van der Waals surface area contributed by atoms with E-state index in [4.69, 9.17) is 11.6 Å². The second kappa shape index (κ2) is 9.35. The Morgan fingerprint density at radius 2 is 1.78 bits per heavy atom. The third-order valence-electron chi connectivity index (χ3n) is 4.36. The summed E-state index contributed by atoms with van der Waals surface area (Å²) >= 11 is 6.12. The molecule has 5 nitrogen and oxygen atoms in total. The zero-order chi connectivity index (χ0) is 20.0. The lowest BCUT2D eigenvalue weighted by Crippen LogP contribution is -2.40. The van der Waals surface area contributed by atoms with Gasteiger partial charge in [-0.2, -0.15) is 4.31 Å². The number of nitrogens with one attached hydrogen (secondary N) is 1. The number of amides is 1. The average molecular weight is 409 g/mol. The zero-order valence-electron chi connectivity index (χ0n) is 15.8. The van der Waals surface area contributed by atoms with Crippen molar-refractivity contribution in [2.75, 3.05) is 12.8 Å². The quantitative estimate of drug-likeness (QED) is 0.726. The first-order valence-electron chi connectivity index (χ1n) is 8.77. The topological polar surface area (TPSA) is 66.5 Å². The van der Waals surface area contributed by atoms with Gasteiger partial charge in [-0.3, -0.25) is 4.79 Å². The van der Waals surface area contributed by atoms with Crippen molar-refractivity contribution in [3.05, 3.63) is 70.2 Å². The maximum Gasteiger partial charge on any atom is 0.235 e. The summed E-state index contributed by atoms with van der Waals surface area (Å²) in [6.07, 6.45) is 2.04. The molecule has 0 fully saturated rings. The number of nitrogens with zero attached hydrogens (tertiary/aromatic N) is 1. The fraction of sp³-hybridized carbons (Fsp3) is 0.350. The van der Waals surface area contributed by atoms with Crippen molar-refractivity contribution in [1.82, 2.24) is 9.62 Å². The van der Waals surface area contributed by atoms with E-state index in [0.717, 1.165) is 22.5 Å². The molecule has 0 heterocycles. The Kier molecular flexibility index (Phi) is 7.41. The summed E-state index contributed by atoms with van der Waals surface area (Å²) in [6.45, 7) is 3.74. The van der Waals surface area contributed by atoms with E-state index in [-0.39, 0.29) is 25.0 Å². The summed E-state index contributed by atoms with van der Waals surface area (Å²) in [7, 11) is -3.57. The maximum atomic E-state index is 12.4. The van der Waals surface area contributed by atoms with E-state index in [2.05, 4.69) is 12.2 Å². The van der Waals surface area contributed by atoms with Gasteiger partial charge in [0.05, 0.1) is 18.8 Å². The summed E-state index contributed by atoms with van der Waals surface area (Å²) in [4.78, 5) is 12.4. The number of rotatable bonds is 8. The van der Waals surface area contributed by atoms with Crippen LogP contribution in [-0.4, -0.2) is 31.4 Å². The number of hydrogen-bond donors (Lipinski definition) is 1. The molecule has 7 heteroatoms. The third kappa shape index (κ3) is 6.34. The molecule has 146 valence electrons. The molecule has 0 aliphatic carbocycles. The Balaban J connectivity index is 2.06. The van der Waals surface area contributed by atoms with Gasteiger partial charge < -0.3 is 5.32 Å². The van der Waals surface area contributed by atoms with E-state index < -0.39 is 10.0 Å². The molecule has 2 aromatic carbocycles. The highest BCUT2D eigenvalue weighted by Crippen LogP contribution is 2.19. The third-order valence-corrected chi connectivity index (χ3v) is 5.92. The van der Waals surface area contributed by atoms with Crippen LogP contribution in [0, 0.1) is 0 Å². The molecule has 2 aromatic rings. The van der Waals surface area contributed by atoms with E-state index in [9.17, 15) is 13.2 Å². The highest BCUT2D eigenvalue weighted by Gasteiger charge is 2.22. The van der Waals surface area contributed by atoms with Gasteiger partial charge in [0.2, 0.25) is 15.9 Å². The van der Waals surface area contributed by atoms with E-state index in [0.29, 0.717) is 10.6 Å². The zero-order valence-corrected chi connectivity index (χ0v) is 17.3. The molecule has 0 unspecified atom stereocenters. The molecule has 0 spiro atoms. The highest BCUT2D eigenvalue weighted by atomic mass is 35.5. The molecule has 2 rings (SSSR count). The monoisotopic (exact) mass is 408 g/mol. The SMILES string of the molecule is CCc1ccc([C@H](C)NC(=O)CN(Cc2ccccc2Cl)S(C)(=O)=O)cc1. The van der Waals surface area contributed by atoms with Gasteiger partial charge in [-0.05, 0) is 36.1 Å². The minimum Gasteiger partial charge on any atom is -0.348 e. The molecule has 0 saturated carbocycles. The van der Waals surface area contributed by atoms with Gasteiger partial charge in [-0.15, -0.1) is 0 Å². The van der Waals surface area contributed by atoms with Gasteiger partial charge >= 0.3 is 0 Å². The molecule has 1 atom stereocenters. The summed E-state index contributed by atoms with van der Waals surface area (Å²) in [5.74, 6) is -0.362. The molecular formula is C20H25ClN2O3S. The van der Waals surface area contributed by atoms with E-state index >= 15 is 0 Å². The second-order valence-corrected chi connectivity index (χ2v) is 8.90. The first-order chi connectivity index (χ1) is 12.7. The Hall–Kier alpha value is -1.89. The number of sulfonamides is 1. The van der Waals surface area contributed by atoms with Crippen LogP contribution in [0.2, 0.25) is 5.02 Å². The van der Waals surface area contributed by atoms with Crippen LogP contribution < -0.4 is 5.32 Å². The lowest BCUT2D eigenvalue weighted by atomic mass is 10.1. The maximum absolute atomic E-state index is 12.4. The van der Waals surface area contributed by atoms with Crippen LogP contribution in [0.15, 0.2) is 48.5 Å². The molecule has 1 amide bonds. The number of benzene rings is 2. The molecule has 1 N–H and O–H groups in total. The molecule has 0 aromatic heterocycles. The summed E-state index contributed by atoms with van der Waals surface area (Å²) < 4.78 is 25.3. The van der Waals surface area contributed by atoms with Crippen molar-refractivity contribution in [2.24, 2.45) is 0 Å². The predicted octanol–water partition coefficient (Wildman–Crippen LogP) is 3.54. The van der Waals surface area contributed by atoms with Crippen LogP contribution in [0.5, 0.6) is 0 Å². The average Bonchev–Trinajstić information content (AvgIpc) is 2.62. The Morgan fingerprint density at radius 1 is 1.15 bits per heavy atom. The first kappa shape index (κ1) is 21.4. The van der Waals surface area contributed by atoms with Gasteiger partial charge in [-0.25, -0.2) is 8.42 Å². The van der Waals surface area contributed by atoms with E-state index in [1.54, 1.807) is 24.3 Å². The van der Waals surface area contributed by atoms with Crippen LogP contribution in [0.1, 0.15) is 36.6 Å². The fourth-order valence-electron chi connectivity index (χ4n) is 2.68. The minimum atomic E-state index is -3.57. The van der Waals surface area contributed by atoms with Crippen LogP contribution >= 0.6 is 11.6 Å². The van der Waals surface area contributed by atoms with Gasteiger partial charge in [0, 0.05) is 11.6 Å². The van der Waals surface area contributed by atoms with Gasteiger partial charge in [-0.1, -0.05) is 61.0 Å². The lowest BCUT2D eigenvalue weighted by Gasteiger charge is -2.22. The number of carbonyl (C=O) groups excluding carboxylic acids is 1. The molecule has 0 bridgehead atoms.